The van der Waals surface area contributed by atoms with Gasteiger partial charge in [0, 0.05) is 0 Å². The summed E-state index contributed by atoms with van der Waals surface area (Å²) in [5, 5.41) is 0.502. The van der Waals surface area contributed by atoms with Crippen molar-refractivity contribution >= 4 is 17.8 Å². The summed E-state index contributed by atoms with van der Waals surface area (Å²) in [5.41, 5.74) is 0.479. The number of carbonyl (C=O) groups is 3. The molecule has 1 aliphatic rings. The Bertz CT molecular complexity index is 517. The first-order valence-corrected chi connectivity index (χ1v) is 6.31. The highest BCUT2D eigenvalue weighted by atomic mass is 16.7. The Morgan fingerprint density at radius 3 is 2.20 bits per heavy atom. The molecule has 6 nitrogen and oxygen atoms in total. The molecule has 1 aliphatic heterocycles. The van der Waals surface area contributed by atoms with Crippen molar-refractivity contribution in [1.82, 2.24) is 5.06 Å². The van der Waals surface area contributed by atoms with Crippen molar-refractivity contribution < 1.29 is 24.0 Å². The summed E-state index contributed by atoms with van der Waals surface area (Å²) in [5.74, 6) is -1.92. The van der Waals surface area contributed by atoms with E-state index in [2.05, 4.69) is 0 Å². The van der Waals surface area contributed by atoms with E-state index < -0.39 is 17.8 Å². The van der Waals surface area contributed by atoms with Gasteiger partial charge in [0.2, 0.25) is 0 Å². The quantitative estimate of drug-likeness (QED) is 0.764. The first kappa shape index (κ1) is 14.2. The van der Waals surface area contributed by atoms with Crippen LogP contribution in [0.3, 0.4) is 0 Å². The summed E-state index contributed by atoms with van der Waals surface area (Å²) in [6.07, 6.45) is -0.0203. The van der Waals surface area contributed by atoms with Crippen molar-refractivity contribution in [3.05, 3.63) is 35.4 Å². The molecule has 0 aromatic heterocycles. The highest BCUT2D eigenvalue weighted by molar-refractivity contribution is 6.20. The molecule has 20 heavy (non-hydrogen) atoms. The summed E-state index contributed by atoms with van der Waals surface area (Å²) < 4.78 is 5.20. The van der Waals surface area contributed by atoms with Gasteiger partial charge in [-0.05, 0) is 26.0 Å². The molecule has 0 N–H and O–H groups in total. The van der Waals surface area contributed by atoms with Crippen LogP contribution in [0.1, 0.15) is 41.0 Å². The minimum atomic E-state index is -0.680. The maximum atomic E-state index is 11.9. The maximum Gasteiger partial charge on any atom is 0.335 e. The van der Waals surface area contributed by atoms with Crippen LogP contribution >= 0.6 is 0 Å². The minimum Gasteiger partial charge on any atom is -0.378 e. The van der Waals surface area contributed by atoms with Crippen LogP contribution < -0.4 is 0 Å². The molecule has 0 unspecified atom stereocenters. The molecular weight excluding hydrogens is 262 g/mol. The lowest BCUT2D eigenvalue weighted by molar-refractivity contribution is -0.169. The standard InChI is InChI=1S/C14H15NO5/c1-9(2)19-8-7-12(16)20-15-13(17)10-5-3-4-6-11(10)14(15)18/h3-6,9H,7-8H2,1-2H3. The number of hydrogen-bond donors (Lipinski definition) is 0. The molecule has 0 spiro atoms. The zero-order valence-corrected chi connectivity index (χ0v) is 11.3. The van der Waals surface area contributed by atoms with E-state index in [1.165, 1.54) is 12.1 Å². The van der Waals surface area contributed by atoms with Crippen molar-refractivity contribution in [1.29, 1.82) is 0 Å². The minimum absolute atomic E-state index is 0.00195. The Labute approximate surface area is 116 Å². The average Bonchev–Trinajstić information content (AvgIpc) is 2.64. The number of nitrogens with zero attached hydrogens (tertiary/aromatic N) is 1. The number of benzene rings is 1. The third-order valence-corrected chi connectivity index (χ3v) is 2.71. The van der Waals surface area contributed by atoms with Crippen LogP contribution in [0.25, 0.3) is 0 Å². The average molecular weight is 277 g/mol. The number of hydrogen-bond acceptors (Lipinski definition) is 5. The van der Waals surface area contributed by atoms with Crippen molar-refractivity contribution in [3.63, 3.8) is 0 Å². The molecule has 2 rings (SSSR count). The van der Waals surface area contributed by atoms with Gasteiger partial charge in [-0.15, -0.1) is 0 Å². The fraction of sp³-hybridized carbons (Fsp3) is 0.357. The number of fused-ring (bicyclic) bond motifs is 1. The molecule has 0 saturated carbocycles. The SMILES string of the molecule is CC(C)OCCC(=O)ON1C(=O)c2ccccc2C1=O. The molecule has 1 aromatic rings. The first-order valence-electron chi connectivity index (χ1n) is 6.31. The van der Waals surface area contributed by atoms with Crippen LogP contribution in [0, 0.1) is 0 Å². The predicted octanol–water partition coefficient (Wildman–Crippen LogP) is 1.56. The lowest BCUT2D eigenvalue weighted by Crippen LogP contribution is -2.33. The van der Waals surface area contributed by atoms with Crippen LogP contribution in [-0.4, -0.2) is 35.6 Å². The molecule has 1 aromatic carbocycles. The van der Waals surface area contributed by atoms with E-state index in [1.807, 2.05) is 13.8 Å². The van der Waals surface area contributed by atoms with Crippen molar-refractivity contribution in [2.24, 2.45) is 0 Å². The second kappa shape index (κ2) is 5.83. The Balaban J connectivity index is 1.97. The van der Waals surface area contributed by atoms with Gasteiger partial charge >= 0.3 is 5.97 Å². The number of hydroxylamine groups is 2. The molecule has 0 saturated heterocycles. The summed E-state index contributed by atoms with van der Waals surface area (Å²) in [4.78, 5) is 40.2. The molecule has 0 fully saturated rings. The van der Waals surface area contributed by atoms with Gasteiger partial charge < -0.3 is 9.57 Å². The fourth-order valence-corrected chi connectivity index (χ4v) is 1.78. The summed E-state index contributed by atoms with van der Waals surface area (Å²) in [6.45, 7) is 3.87. The van der Waals surface area contributed by atoms with Crippen LogP contribution in [0.4, 0.5) is 0 Å². The van der Waals surface area contributed by atoms with Crippen molar-refractivity contribution in [2.75, 3.05) is 6.61 Å². The van der Waals surface area contributed by atoms with Crippen LogP contribution in [0.2, 0.25) is 0 Å². The van der Waals surface area contributed by atoms with Gasteiger partial charge in [0.05, 0.1) is 30.3 Å². The van der Waals surface area contributed by atoms with E-state index in [9.17, 15) is 14.4 Å². The van der Waals surface area contributed by atoms with Gasteiger partial charge in [0.25, 0.3) is 11.8 Å². The third kappa shape index (κ3) is 2.85. The van der Waals surface area contributed by atoms with E-state index >= 15 is 0 Å². The second-order valence-electron chi connectivity index (χ2n) is 4.58. The van der Waals surface area contributed by atoms with E-state index in [-0.39, 0.29) is 30.3 Å². The van der Waals surface area contributed by atoms with E-state index in [0.717, 1.165) is 0 Å². The Morgan fingerprint density at radius 1 is 1.15 bits per heavy atom. The zero-order chi connectivity index (χ0) is 14.7. The van der Waals surface area contributed by atoms with Crippen molar-refractivity contribution in [2.45, 2.75) is 26.4 Å². The lowest BCUT2D eigenvalue weighted by atomic mass is 10.1. The Hall–Kier alpha value is -2.21. The highest BCUT2D eigenvalue weighted by Gasteiger charge is 2.38. The summed E-state index contributed by atoms with van der Waals surface area (Å²) >= 11 is 0. The van der Waals surface area contributed by atoms with Gasteiger partial charge in [-0.3, -0.25) is 9.59 Å². The maximum absolute atomic E-state index is 11.9. The Morgan fingerprint density at radius 2 is 1.70 bits per heavy atom. The lowest BCUT2D eigenvalue weighted by Gasteiger charge is -2.13. The normalized spacial score (nSPS) is 13.8. The molecule has 0 aliphatic carbocycles. The molecule has 106 valence electrons. The largest absolute Gasteiger partial charge is 0.378 e. The molecular formula is C14H15NO5. The van der Waals surface area contributed by atoms with E-state index in [0.29, 0.717) is 5.06 Å². The van der Waals surface area contributed by atoms with Crippen LogP contribution in [0.5, 0.6) is 0 Å². The Kier molecular flexibility index (Phi) is 4.14. The smallest absolute Gasteiger partial charge is 0.335 e. The molecule has 0 radical (unpaired) electrons. The molecule has 1 heterocycles. The molecule has 0 bridgehead atoms. The number of carbonyl (C=O) groups excluding carboxylic acids is 3. The molecule has 6 heteroatoms. The first-order chi connectivity index (χ1) is 9.50. The molecule has 0 atom stereocenters. The number of imide groups is 1. The highest BCUT2D eigenvalue weighted by Crippen LogP contribution is 2.22. The fourth-order valence-electron chi connectivity index (χ4n) is 1.78. The predicted molar refractivity (Wildman–Crippen MR) is 68.7 cm³/mol. The number of rotatable bonds is 5. The van der Waals surface area contributed by atoms with Crippen LogP contribution in [-0.2, 0) is 14.4 Å². The van der Waals surface area contributed by atoms with Crippen LogP contribution in [0.15, 0.2) is 24.3 Å². The van der Waals surface area contributed by atoms with E-state index in [1.54, 1.807) is 12.1 Å². The van der Waals surface area contributed by atoms with Gasteiger partial charge in [0.15, 0.2) is 0 Å². The molecule has 2 amide bonds. The third-order valence-electron chi connectivity index (χ3n) is 2.71. The van der Waals surface area contributed by atoms with Crippen molar-refractivity contribution in [3.8, 4) is 0 Å². The number of ether oxygens (including phenoxy) is 1. The summed E-state index contributed by atoms with van der Waals surface area (Å²) in [7, 11) is 0. The second-order valence-corrected chi connectivity index (χ2v) is 4.58. The van der Waals surface area contributed by atoms with Gasteiger partial charge in [0.1, 0.15) is 0 Å². The summed E-state index contributed by atoms with van der Waals surface area (Å²) in [6, 6.07) is 6.33. The van der Waals surface area contributed by atoms with Gasteiger partial charge in [-0.1, -0.05) is 17.2 Å². The topological polar surface area (TPSA) is 72.9 Å². The van der Waals surface area contributed by atoms with E-state index in [4.69, 9.17) is 9.57 Å². The monoisotopic (exact) mass is 277 g/mol. The van der Waals surface area contributed by atoms with Gasteiger partial charge in [-0.2, -0.15) is 0 Å². The zero-order valence-electron chi connectivity index (χ0n) is 11.3. The number of amides is 2. The van der Waals surface area contributed by atoms with Gasteiger partial charge in [-0.25, -0.2) is 4.79 Å².